The zero-order chi connectivity index (χ0) is 15.0. The number of carbonyl (C=O) groups excluding carboxylic acids is 2. The lowest BCUT2D eigenvalue weighted by Gasteiger charge is -2.26. The number of ether oxygens (including phenoxy) is 2. The zero-order valence-electron chi connectivity index (χ0n) is 12.2. The van der Waals surface area contributed by atoms with E-state index in [-0.39, 0.29) is 24.5 Å². The van der Waals surface area contributed by atoms with Crippen molar-refractivity contribution in [3.05, 3.63) is 0 Å². The summed E-state index contributed by atoms with van der Waals surface area (Å²) in [5.74, 6) is -0.0660. The van der Waals surface area contributed by atoms with Crippen LogP contribution >= 0.6 is 0 Å². The van der Waals surface area contributed by atoms with Gasteiger partial charge in [0.2, 0.25) is 5.91 Å². The van der Waals surface area contributed by atoms with Crippen LogP contribution in [0.15, 0.2) is 0 Å². The molecule has 2 atom stereocenters. The molecular formula is C13H25N3O4. The van der Waals surface area contributed by atoms with Gasteiger partial charge < -0.3 is 25.8 Å². The Morgan fingerprint density at radius 3 is 2.45 bits per heavy atom. The summed E-state index contributed by atoms with van der Waals surface area (Å²) in [7, 11) is 0. The third-order valence-corrected chi connectivity index (χ3v) is 3.17. The van der Waals surface area contributed by atoms with Gasteiger partial charge in [0.05, 0.1) is 19.3 Å². The van der Waals surface area contributed by atoms with Crippen molar-refractivity contribution in [2.45, 2.75) is 38.8 Å². The molecule has 0 bridgehead atoms. The summed E-state index contributed by atoms with van der Waals surface area (Å²) in [5.41, 5.74) is 5.09. The molecule has 4 N–H and O–H groups in total. The van der Waals surface area contributed by atoms with Gasteiger partial charge in [0, 0.05) is 13.2 Å². The minimum absolute atomic E-state index is 0.0981. The van der Waals surface area contributed by atoms with Crippen molar-refractivity contribution in [2.24, 2.45) is 11.7 Å². The van der Waals surface area contributed by atoms with Crippen LogP contribution in [0.2, 0.25) is 0 Å². The van der Waals surface area contributed by atoms with Crippen LogP contribution in [0.25, 0.3) is 0 Å². The van der Waals surface area contributed by atoms with Gasteiger partial charge >= 0.3 is 6.03 Å². The molecular weight excluding hydrogens is 262 g/mol. The molecule has 0 aromatic heterocycles. The average molecular weight is 287 g/mol. The molecule has 0 aliphatic carbocycles. The molecule has 20 heavy (non-hydrogen) atoms. The molecule has 7 heteroatoms. The van der Waals surface area contributed by atoms with Gasteiger partial charge in [-0.1, -0.05) is 13.8 Å². The minimum Gasteiger partial charge on any atom is -0.379 e. The third kappa shape index (κ3) is 6.21. The first-order chi connectivity index (χ1) is 9.50. The third-order valence-electron chi connectivity index (χ3n) is 3.17. The Labute approximate surface area is 119 Å². The van der Waals surface area contributed by atoms with E-state index in [1.54, 1.807) is 0 Å². The molecule has 0 spiro atoms. The molecule has 1 rings (SSSR count). The summed E-state index contributed by atoms with van der Waals surface area (Å²) < 4.78 is 11.0. The van der Waals surface area contributed by atoms with Crippen LogP contribution in [-0.2, 0) is 14.3 Å². The summed E-state index contributed by atoms with van der Waals surface area (Å²) in [4.78, 5) is 23.1. The topological polar surface area (TPSA) is 103 Å². The van der Waals surface area contributed by atoms with Crippen LogP contribution in [-0.4, -0.2) is 50.4 Å². The number of nitrogens with two attached hydrogens (primary N) is 1. The van der Waals surface area contributed by atoms with Gasteiger partial charge in [-0.15, -0.1) is 0 Å². The number of hydrogen-bond acceptors (Lipinski definition) is 4. The fourth-order valence-corrected chi connectivity index (χ4v) is 1.86. The SMILES string of the molecule is CC(C)[C@H]1COCCCCOC[C@@H](NC(N)=O)C(=O)N1. The number of rotatable bonds is 2. The lowest BCUT2D eigenvalue weighted by molar-refractivity contribution is -0.126. The monoisotopic (exact) mass is 287 g/mol. The smallest absolute Gasteiger partial charge is 0.312 e. The van der Waals surface area contributed by atoms with Gasteiger partial charge in [0.1, 0.15) is 6.04 Å². The number of urea groups is 1. The number of primary amides is 1. The van der Waals surface area contributed by atoms with Crippen LogP contribution in [0.3, 0.4) is 0 Å². The van der Waals surface area contributed by atoms with E-state index in [1.165, 1.54) is 0 Å². The zero-order valence-corrected chi connectivity index (χ0v) is 12.2. The highest BCUT2D eigenvalue weighted by atomic mass is 16.5. The van der Waals surface area contributed by atoms with Gasteiger partial charge in [-0.25, -0.2) is 4.79 Å². The van der Waals surface area contributed by atoms with E-state index in [2.05, 4.69) is 10.6 Å². The average Bonchev–Trinajstić information content (AvgIpc) is 2.36. The molecule has 0 aromatic carbocycles. The fourth-order valence-electron chi connectivity index (χ4n) is 1.86. The fraction of sp³-hybridized carbons (Fsp3) is 0.846. The highest BCUT2D eigenvalue weighted by molar-refractivity contribution is 5.86. The summed E-state index contributed by atoms with van der Waals surface area (Å²) >= 11 is 0. The predicted octanol–water partition coefficient (Wildman–Crippen LogP) is -0.00890. The second-order valence-corrected chi connectivity index (χ2v) is 5.28. The molecule has 0 radical (unpaired) electrons. The Hall–Kier alpha value is -1.34. The van der Waals surface area contributed by atoms with Gasteiger partial charge in [-0.2, -0.15) is 0 Å². The lowest BCUT2D eigenvalue weighted by Crippen LogP contribution is -2.55. The first-order valence-electron chi connectivity index (χ1n) is 7.02. The predicted molar refractivity (Wildman–Crippen MR) is 74.1 cm³/mol. The molecule has 1 fully saturated rings. The first kappa shape index (κ1) is 16.7. The van der Waals surface area contributed by atoms with Crippen LogP contribution < -0.4 is 16.4 Å². The van der Waals surface area contributed by atoms with Crippen molar-refractivity contribution < 1.29 is 19.1 Å². The van der Waals surface area contributed by atoms with Gasteiger partial charge in [0.25, 0.3) is 0 Å². The highest BCUT2D eigenvalue weighted by Crippen LogP contribution is 2.05. The summed E-state index contributed by atoms with van der Waals surface area (Å²) in [6.07, 6.45) is 1.77. The number of hydrogen-bond donors (Lipinski definition) is 3. The molecule has 116 valence electrons. The molecule has 3 amide bonds. The van der Waals surface area contributed by atoms with Crippen molar-refractivity contribution in [1.29, 1.82) is 0 Å². The molecule has 0 unspecified atom stereocenters. The molecule has 1 aliphatic heterocycles. The normalized spacial score (nSPS) is 26.2. The Morgan fingerprint density at radius 1 is 1.30 bits per heavy atom. The van der Waals surface area contributed by atoms with E-state index in [0.29, 0.717) is 19.8 Å². The quantitative estimate of drug-likeness (QED) is 0.664. The minimum atomic E-state index is -0.770. The van der Waals surface area contributed by atoms with Crippen molar-refractivity contribution >= 4 is 11.9 Å². The van der Waals surface area contributed by atoms with E-state index in [1.807, 2.05) is 13.8 Å². The summed E-state index contributed by atoms with van der Waals surface area (Å²) in [6, 6.07) is -1.61. The molecule has 7 nitrogen and oxygen atoms in total. The summed E-state index contributed by atoms with van der Waals surface area (Å²) in [6.45, 7) is 5.79. The van der Waals surface area contributed by atoms with E-state index >= 15 is 0 Å². The summed E-state index contributed by atoms with van der Waals surface area (Å²) in [5, 5.41) is 5.28. The second-order valence-electron chi connectivity index (χ2n) is 5.28. The van der Waals surface area contributed by atoms with Crippen molar-refractivity contribution in [1.82, 2.24) is 10.6 Å². The second kappa shape index (κ2) is 8.76. The van der Waals surface area contributed by atoms with E-state index in [4.69, 9.17) is 15.2 Å². The maximum atomic E-state index is 12.2. The highest BCUT2D eigenvalue weighted by Gasteiger charge is 2.24. The van der Waals surface area contributed by atoms with Crippen molar-refractivity contribution in [2.75, 3.05) is 26.4 Å². The maximum absolute atomic E-state index is 12.2. The molecule has 0 aromatic rings. The van der Waals surface area contributed by atoms with E-state index in [9.17, 15) is 9.59 Å². The Morgan fingerprint density at radius 2 is 1.90 bits per heavy atom. The number of amides is 3. The van der Waals surface area contributed by atoms with Crippen molar-refractivity contribution in [3.8, 4) is 0 Å². The standard InChI is InChI=1S/C13H25N3O4/c1-9(2)10-7-19-5-3-4-6-20-8-11(12(17)15-10)16-13(14)18/h9-11H,3-8H2,1-2H3,(H,15,17)(H3,14,16,18)/t10-,11-/m1/s1. The van der Waals surface area contributed by atoms with E-state index < -0.39 is 12.1 Å². The van der Waals surface area contributed by atoms with Crippen LogP contribution in [0, 0.1) is 5.92 Å². The van der Waals surface area contributed by atoms with Crippen LogP contribution in [0.4, 0.5) is 4.79 Å². The van der Waals surface area contributed by atoms with Gasteiger partial charge in [-0.05, 0) is 18.8 Å². The molecule has 1 aliphatic rings. The Kier molecular flexibility index (Phi) is 7.32. The first-order valence-corrected chi connectivity index (χ1v) is 7.02. The van der Waals surface area contributed by atoms with Gasteiger partial charge in [-0.3, -0.25) is 4.79 Å². The van der Waals surface area contributed by atoms with Crippen LogP contribution in [0.1, 0.15) is 26.7 Å². The molecule has 0 saturated carbocycles. The van der Waals surface area contributed by atoms with Crippen molar-refractivity contribution in [3.63, 3.8) is 0 Å². The largest absolute Gasteiger partial charge is 0.379 e. The maximum Gasteiger partial charge on any atom is 0.312 e. The molecule has 1 saturated heterocycles. The van der Waals surface area contributed by atoms with E-state index in [0.717, 1.165) is 12.8 Å². The Bertz CT molecular complexity index is 323. The number of carbonyl (C=O) groups is 2. The molecule has 1 heterocycles. The van der Waals surface area contributed by atoms with Gasteiger partial charge in [0.15, 0.2) is 0 Å². The number of nitrogens with one attached hydrogen (secondary N) is 2. The lowest BCUT2D eigenvalue weighted by atomic mass is 10.0. The Balaban J connectivity index is 2.68. The van der Waals surface area contributed by atoms with Crippen LogP contribution in [0.5, 0.6) is 0 Å².